The van der Waals surface area contributed by atoms with Gasteiger partial charge in [-0.25, -0.2) is 9.18 Å². The van der Waals surface area contributed by atoms with Crippen LogP contribution in [0.5, 0.6) is 0 Å². The van der Waals surface area contributed by atoms with Crippen LogP contribution in [0.4, 0.5) is 17.6 Å². The highest BCUT2D eigenvalue weighted by molar-refractivity contribution is 5.73. The number of rotatable bonds is 5. The molecule has 180 valence electrons. The Balaban J connectivity index is 0.000000360. The van der Waals surface area contributed by atoms with Gasteiger partial charge >= 0.3 is 12.1 Å². The highest BCUT2D eigenvalue weighted by atomic mass is 19.4. The number of ether oxygens (including phenoxy) is 3. The van der Waals surface area contributed by atoms with Gasteiger partial charge in [0, 0.05) is 39.0 Å². The summed E-state index contributed by atoms with van der Waals surface area (Å²) in [5.74, 6) is -2.32. The number of carboxylic acids is 1. The Labute approximate surface area is 184 Å². The second-order valence-corrected chi connectivity index (χ2v) is 8.33. The number of carboxylic acid groups (broad SMARTS) is 1. The van der Waals surface area contributed by atoms with Gasteiger partial charge in [-0.3, -0.25) is 4.90 Å². The van der Waals surface area contributed by atoms with E-state index in [1.807, 2.05) is 12.1 Å². The Kier molecular flexibility index (Phi) is 8.87. The van der Waals surface area contributed by atoms with Gasteiger partial charge in [-0.15, -0.1) is 0 Å². The number of aliphatic carboxylic acids is 1. The van der Waals surface area contributed by atoms with Crippen molar-refractivity contribution >= 4 is 5.97 Å². The number of benzene rings is 1. The van der Waals surface area contributed by atoms with E-state index < -0.39 is 12.1 Å². The van der Waals surface area contributed by atoms with E-state index in [1.165, 1.54) is 0 Å². The van der Waals surface area contributed by atoms with Gasteiger partial charge in [-0.2, -0.15) is 13.2 Å². The van der Waals surface area contributed by atoms with Gasteiger partial charge in [0.15, 0.2) is 0 Å². The molecule has 0 unspecified atom stereocenters. The van der Waals surface area contributed by atoms with Crippen LogP contribution in [0.3, 0.4) is 0 Å². The predicted octanol–water partition coefficient (Wildman–Crippen LogP) is 3.63. The molecule has 0 aliphatic carbocycles. The molecule has 1 aromatic carbocycles. The molecule has 0 bridgehead atoms. The molecule has 10 heteroatoms. The fraction of sp³-hybridized carbons (Fsp3) is 0.682. The van der Waals surface area contributed by atoms with Gasteiger partial charge in [-0.1, -0.05) is 12.1 Å². The average molecular weight is 463 g/mol. The number of halogens is 4. The minimum atomic E-state index is -5.08. The first-order valence-electron chi connectivity index (χ1n) is 10.8. The third-order valence-electron chi connectivity index (χ3n) is 6.01. The number of hydrogen-bond acceptors (Lipinski definition) is 5. The van der Waals surface area contributed by atoms with E-state index in [9.17, 15) is 17.6 Å². The molecule has 0 amide bonds. The fourth-order valence-electron chi connectivity index (χ4n) is 4.33. The van der Waals surface area contributed by atoms with Crippen LogP contribution < -0.4 is 0 Å². The highest BCUT2D eigenvalue weighted by Gasteiger charge is 2.44. The Bertz CT molecular complexity index is 724. The number of likely N-dealkylation sites (tertiary alicyclic amines) is 1. The summed E-state index contributed by atoms with van der Waals surface area (Å²) in [5, 5.41) is 7.12. The van der Waals surface area contributed by atoms with Crippen LogP contribution in [-0.2, 0) is 25.5 Å². The first kappa shape index (κ1) is 24.9. The van der Waals surface area contributed by atoms with Crippen molar-refractivity contribution in [3.05, 3.63) is 35.6 Å². The second kappa shape index (κ2) is 11.4. The zero-order valence-electron chi connectivity index (χ0n) is 17.7. The lowest BCUT2D eigenvalue weighted by Crippen LogP contribution is -2.42. The van der Waals surface area contributed by atoms with E-state index in [2.05, 4.69) is 4.90 Å². The second-order valence-electron chi connectivity index (χ2n) is 8.33. The smallest absolute Gasteiger partial charge is 0.475 e. The van der Waals surface area contributed by atoms with E-state index in [0.717, 1.165) is 70.8 Å². The third-order valence-corrected chi connectivity index (χ3v) is 6.01. The van der Waals surface area contributed by atoms with E-state index in [0.29, 0.717) is 12.0 Å². The molecular formula is C22H29F4NO5. The monoisotopic (exact) mass is 463 g/mol. The first-order valence-corrected chi connectivity index (χ1v) is 10.8. The van der Waals surface area contributed by atoms with Crippen LogP contribution in [0, 0.1) is 11.7 Å². The van der Waals surface area contributed by atoms with Gasteiger partial charge in [0.1, 0.15) is 11.9 Å². The van der Waals surface area contributed by atoms with Crippen LogP contribution in [-0.4, -0.2) is 73.4 Å². The van der Waals surface area contributed by atoms with Crippen LogP contribution >= 0.6 is 0 Å². The summed E-state index contributed by atoms with van der Waals surface area (Å²) in [7, 11) is 0. The molecule has 4 rings (SSSR count). The Hall–Kier alpha value is -1.75. The number of nitrogens with zero attached hydrogens (tertiary/aromatic N) is 1. The summed E-state index contributed by atoms with van der Waals surface area (Å²) in [6.07, 6.45) is -0.304. The Morgan fingerprint density at radius 3 is 2.41 bits per heavy atom. The SMILES string of the molecule is Fc1ccc(CN2C[C@@H](OCC3CCOCC3)[C@H]3OCCC[C@H]32)cc1.O=C(O)C(F)(F)F. The van der Waals surface area contributed by atoms with Crippen molar-refractivity contribution in [1.82, 2.24) is 4.90 Å². The fourth-order valence-corrected chi connectivity index (χ4v) is 4.33. The van der Waals surface area contributed by atoms with E-state index in [-0.39, 0.29) is 18.0 Å². The van der Waals surface area contributed by atoms with Crippen molar-refractivity contribution in [2.75, 3.05) is 33.0 Å². The molecule has 3 atom stereocenters. The molecule has 3 aliphatic heterocycles. The van der Waals surface area contributed by atoms with Gasteiger partial charge in [0.25, 0.3) is 0 Å². The summed E-state index contributed by atoms with van der Waals surface area (Å²) in [5.41, 5.74) is 1.15. The number of hydrogen-bond donors (Lipinski definition) is 1. The predicted molar refractivity (Wildman–Crippen MR) is 107 cm³/mol. The Morgan fingerprint density at radius 1 is 1.12 bits per heavy atom. The standard InChI is InChI=1S/C20H28FNO3.C2HF3O2/c21-17-5-3-15(4-6-17)12-22-13-19(20-18(22)2-1-9-24-20)25-14-16-7-10-23-11-8-16;3-2(4,5)1(6)7/h3-6,16,18-20H,1-2,7-14H2;(H,6,7)/t18-,19-,20+;/m1./s1. The molecule has 32 heavy (non-hydrogen) atoms. The molecule has 0 aromatic heterocycles. The van der Waals surface area contributed by atoms with Crippen molar-refractivity contribution in [1.29, 1.82) is 0 Å². The lowest BCUT2D eigenvalue weighted by atomic mass is 10.0. The average Bonchev–Trinajstić information content (AvgIpc) is 3.12. The number of carbonyl (C=O) groups is 1. The maximum absolute atomic E-state index is 13.1. The quantitative estimate of drug-likeness (QED) is 0.673. The molecule has 3 aliphatic rings. The minimum Gasteiger partial charge on any atom is -0.475 e. The minimum absolute atomic E-state index is 0.147. The molecule has 3 fully saturated rings. The highest BCUT2D eigenvalue weighted by Crippen LogP contribution is 2.32. The summed E-state index contributed by atoms with van der Waals surface area (Å²) in [6, 6.07) is 7.26. The van der Waals surface area contributed by atoms with Crippen LogP contribution in [0.25, 0.3) is 0 Å². The molecule has 3 heterocycles. The number of fused-ring (bicyclic) bond motifs is 1. The molecule has 0 spiro atoms. The maximum Gasteiger partial charge on any atom is 0.490 e. The first-order chi connectivity index (χ1) is 15.2. The van der Waals surface area contributed by atoms with Gasteiger partial charge < -0.3 is 19.3 Å². The molecule has 0 radical (unpaired) electrons. The van der Waals surface area contributed by atoms with Crippen LogP contribution in [0.2, 0.25) is 0 Å². The molecule has 6 nitrogen and oxygen atoms in total. The van der Waals surface area contributed by atoms with Crippen molar-refractivity contribution < 1.29 is 41.7 Å². The molecule has 3 saturated heterocycles. The van der Waals surface area contributed by atoms with Crippen LogP contribution in [0.1, 0.15) is 31.2 Å². The summed E-state index contributed by atoms with van der Waals surface area (Å²) < 4.78 is 62.7. The summed E-state index contributed by atoms with van der Waals surface area (Å²) in [4.78, 5) is 11.4. The van der Waals surface area contributed by atoms with Gasteiger partial charge in [0.05, 0.1) is 12.7 Å². The molecule has 1 aromatic rings. The van der Waals surface area contributed by atoms with Crippen LogP contribution in [0.15, 0.2) is 24.3 Å². The zero-order valence-corrected chi connectivity index (χ0v) is 17.7. The molecular weight excluding hydrogens is 434 g/mol. The van der Waals surface area contributed by atoms with Crippen molar-refractivity contribution in [3.8, 4) is 0 Å². The third kappa shape index (κ3) is 7.13. The molecule has 1 N–H and O–H groups in total. The number of alkyl halides is 3. The van der Waals surface area contributed by atoms with Gasteiger partial charge in [-0.05, 0) is 49.3 Å². The van der Waals surface area contributed by atoms with Crippen molar-refractivity contribution in [2.24, 2.45) is 5.92 Å². The molecule has 0 saturated carbocycles. The van der Waals surface area contributed by atoms with Crippen molar-refractivity contribution in [2.45, 2.75) is 56.7 Å². The van der Waals surface area contributed by atoms with E-state index in [1.54, 1.807) is 12.1 Å². The zero-order chi connectivity index (χ0) is 23.1. The largest absolute Gasteiger partial charge is 0.490 e. The lowest BCUT2D eigenvalue weighted by Gasteiger charge is -2.32. The maximum atomic E-state index is 13.1. The summed E-state index contributed by atoms with van der Waals surface area (Å²) >= 11 is 0. The Morgan fingerprint density at radius 2 is 1.78 bits per heavy atom. The van der Waals surface area contributed by atoms with E-state index in [4.69, 9.17) is 24.1 Å². The normalized spacial score (nSPS) is 26.8. The topological polar surface area (TPSA) is 68.2 Å². The van der Waals surface area contributed by atoms with E-state index >= 15 is 0 Å². The summed E-state index contributed by atoms with van der Waals surface area (Å²) in [6.45, 7) is 5.10. The van der Waals surface area contributed by atoms with Gasteiger partial charge in [0.2, 0.25) is 0 Å². The lowest BCUT2D eigenvalue weighted by molar-refractivity contribution is -0.192. The van der Waals surface area contributed by atoms with Crippen molar-refractivity contribution in [3.63, 3.8) is 0 Å².